The van der Waals surface area contributed by atoms with Gasteiger partial charge in [0.15, 0.2) is 0 Å². The van der Waals surface area contributed by atoms with Gasteiger partial charge in [0.05, 0.1) is 12.0 Å². The molecule has 2 amide bonds. The van der Waals surface area contributed by atoms with Crippen molar-refractivity contribution >= 4 is 29.0 Å². The van der Waals surface area contributed by atoms with Gasteiger partial charge in [-0.1, -0.05) is 36.4 Å². The molecule has 1 aliphatic heterocycles. The van der Waals surface area contributed by atoms with E-state index in [-0.39, 0.29) is 11.1 Å². The average molecular weight is 367 g/mol. The fourth-order valence-electron chi connectivity index (χ4n) is 2.86. The number of carbonyl (C=O) groups excluding carboxylic acids is 2. The van der Waals surface area contributed by atoms with Crippen LogP contribution in [-0.4, -0.2) is 29.7 Å². The summed E-state index contributed by atoms with van der Waals surface area (Å²) in [6.45, 7) is 2.40. The summed E-state index contributed by atoms with van der Waals surface area (Å²) in [6.07, 6.45) is 3.40. The van der Waals surface area contributed by atoms with Crippen molar-refractivity contribution in [2.24, 2.45) is 0 Å². The van der Waals surface area contributed by atoms with Gasteiger partial charge in [-0.3, -0.25) is 14.5 Å². The molecule has 0 radical (unpaired) electrons. The lowest BCUT2D eigenvalue weighted by Crippen LogP contribution is -2.29. The number of methoxy groups -OCH3 is 1. The van der Waals surface area contributed by atoms with Gasteiger partial charge >= 0.3 is 0 Å². The molecule has 1 saturated heterocycles. The fourth-order valence-corrected chi connectivity index (χ4v) is 3.71. The van der Waals surface area contributed by atoms with E-state index in [0.717, 1.165) is 41.5 Å². The second-order valence-corrected chi connectivity index (χ2v) is 7.14. The zero-order valence-corrected chi connectivity index (χ0v) is 15.7. The molecule has 2 aromatic rings. The second kappa shape index (κ2) is 8.23. The van der Waals surface area contributed by atoms with Crippen molar-refractivity contribution in [3.8, 4) is 5.75 Å². The molecule has 26 heavy (non-hydrogen) atoms. The molecule has 5 heteroatoms. The van der Waals surface area contributed by atoms with Crippen molar-refractivity contribution in [3.63, 3.8) is 0 Å². The van der Waals surface area contributed by atoms with Crippen molar-refractivity contribution < 1.29 is 14.3 Å². The molecule has 2 aromatic carbocycles. The van der Waals surface area contributed by atoms with Crippen LogP contribution in [0.4, 0.5) is 4.79 Å². The Kier molecular flexibility index (Phi) is 5.78. The monoisotopic (exact) mass is 367 g/mol. The maximum atomic E-state index is 12.6. The predicted octanol–water partition coefficient (Wildman–Crippen LogP) is 4.67. The number of rotatable bonds is 6. The summed E-state index contributed by atoms with van der Waals surface area (Å²) in [5, 5.41) is -0.194. The normalized spacial score (nSPS) is 15.8. The van der Waals surface area contributed by atoms with Gasteiger partial charge in [0.2, 0.25) is 0 Å². The van der Waals surface area contributed by atoms with Crippen molar-refractivity contribution in [1.82, 2.24) is 4.90 Å². The third-order valence-corrected chi connectivity index (χ3v) is 5.23. The molecule has 1 fully saturated rings. The molecule has 0 aromatic heterocycles. The summed E-state index contributed by atoms with van der Waals surface area (Å²) >= 11 is 1.01. The maximum Gasteiger partial charge on any atom is 0.293 e. The van der Waals surface area contributed by atoms with E-state index < -0.39 is 0 Å². The van der Waals surface area contributed by atoms with Crippen LogP contribution < -0.4 is 4.74 Å². The van der Waals surface area contributed by atoms with Crippen LogP contribution in [0.25, 0.3) is 6.08 Å². The number of hydrogen-bond donors (Lipinski definition) is 0. The molecule has 0 N–H and O–H groups in total. The smallest absolute Gasteiger partial charge is 0.293 e. The molecule has 0 saturated carbocycles. The third kappa shape index (κ3) is 4.17. The highest BCUT2D eigenvalue weighted by atomic mass is 32.2. The van der Waals surface area contributed by atoms with Crippen molar-refractivity contribution in [1.29, 1.82) is 0 Å². The molecular weight excluding hydrogens is 346 g/mol. The summed E-state index contributed by atoms with van der Waals surface area (Å²) in [6, 6.07) is 15.7. The molecule has 1 aliphatic rings. The summed E-state index contributed by atoms with van der Waals surface area (Å²) in [5.74, 6) is 0.567. The number of thioether (sulfide) groups is 1. The highest BCUT2D eigenvalue weighted by Gasteiger charge is 2.34. The van der Waals surface area contributed by atoms with Gasteiger partial charge in [0.1, 0.15) is 5.75 Å². The van der Waals surface area contributed by atoms with Gasteiger partial charge in [-0.15, -0.1) is 0 Å². The Morgan fingerprint density at radius 3 is 2.58 bits per heavy atom. The van der Waals surface area contributed by atoms with Crippen LogP contribution in [0.2, 0.25) is 0 Å². The number of aryl methyl sites for hydroxylation is 2. The Morgan fingerprint density at radius 1 is 1.12 bits per heavy atom. The Hall–Kier alpha value is -2.53. The van der Waals surface area contributed by atoms with Crippen LogP contribution in [0.3, 0.4) is 0 Å². The van der Waals surface area contributed by atoms with E-state index in [1.807, 2.05) is 43.3 Å². The molecule has 0 aliphatic carbocycles. The minimum atomic E-state index is -0.205. The lowest BCUT2D eigenvalue weighted by molar-refractivity contribution is -0.122. The first kappa shape index (κ1) is 18.3. The largest absolute Gasteiger partial charge is 0.497 e. The average Bonchev–Trinajstić information content (AvgIpc) is 2.91. The highest BCUT2D eigenvalue weighted by Crippen LogP contribution is 2.33. The van der Waals surface area contributed by atoms with Crippen LogP contribution >= 0.6 is 11.8 Å². The number of benzene rings is 2. The molecule has 0 unspecified atom stereocenters. The van der Waals surface area contributed by atoms with E-state index in [0.29, 0.717) is 11.4 Å². The highest BCUT2D eigenvalue weighted by molar-refractivity contribution is 8.18. The molecule has 1 heterocycles. The lowest BCUT2D eigenvalue weighted by Gasteiger charge is -2.12. The minimum Gasteiger partial charge on any atom is -0.497 e. The zero-order chi connectivity index (χ0) is 18.5. The van der Waals surface area contributed by atoms with Gasteiger partial charge in [-0.2, -0.15) is 0 Å². The lowest BCUT2D eigenvalue weighted by atomic mass is 10.1. The number of imide groups is 1. The Bertz CT molecular complexity index is 846. The standard InChI is InChI=1S/C21H21NO3S/c1-15-13-18(25-2)11-10-17(15)14-19-20(23)22(21(24)26-19)12-6-9-16-7-4-3-5-8-16/h3-5,7-8,10-11,13-14H,6,9,12H2,1-2H3/b19-14+. The third-order valence-electron chi connectivity index (χ3n) is 4.33. The molecule has 0 atom stereocenters. The van der Waals surface area contributed by atoms with Gasteiger partial charge in [0.25, 0.3) is 11.1 Å². The quantitative estimate of drug-likeness (QED) is 0.696. The Morgan fingerprint density at radius 2 is 1.88 bits per heavy atom. The second-order valence-electron chi connectivity index (χ2n) is 6.15. The Balaban J connectivity index is 1.66. The van der Waals surface area contributed by atoms with Crippen LogP contribution in [0, 0.1) is 6.92 Å². The van der Waals surface area contributed by atoms with Gasteiger partial charge in [-0.25, -0.2) is 0 Å². The molecular formula is C21H21NO3S. The number of ether oxygens (including phenoxy) is 1. The number of amides is 2. The summed E-state index contributed by atoms with van der Waals surface area (Å²) < 4.78 is 5.20. The van der Waals surface area contributed by atoms with Crippen LogP contribution in [0.5, 0.6) is 5.75 Å². The van der Waals surface area contributed by atoms with Crippen molar-refractivity contribution in [2.45, 2.75) is 19.8 Å². The molecule has 3 rings (SSSR count). The zero-order valence-electron chi connectivity index (χ0n) is 14.9. The molecule has 0 bridgehead atoms. The Labute approximate surface area is 157 Å². The summed E-state index contributed by atoms with van der Waals surface area (Å²) in [5.41, 5.74) is 3.13. The van der Waals surface area contributed by atoms with Crippen molar-refractivity contribution in [2.75, 3.05) is 13.7 Å². The fraction of sp³-hybridized carbons (Fsp3) is 0.238. The van der Waals surface area contributed by atoms with Gasteiger partial charge < -0.3 is 4.74 Å². The maximum absolute atomic E-state index is 12.6. The first-order valence-corrected chi connectivity index (χ1v) is 9.34. The molecule has 0 spiro atoms. The van der Waals surface area contributed by atoms with E-state index in [1.54, 1.807) is 13.2 Å². The minimum absolute atomic E-state index is 0.194. The van der Waals surface area contributed by atoms with Crippen LogP contribution in [0.1, 0.15) is 23.1 Å². The van der Waals surface area contributed by atoms with Gasteiger partial charge in [-0.05, 0) is 66.4 Å². The van der Waals surface area contributed by atoms with Crippen molar-refractivity contribution in [3.05, 3.63) is 70.1 Å². The van der Waals surface area contributed by atoms with E-state index in [2.05, 4.69) is 12.1 Å². The van der Waals surface area contributed by atoms with E-state index in [1.165, 1.54) is 10.5 Å². The number of nitrogens with zero attached hydrogens (tertiary/aromatic N) is 1. The summed E-state index contributed by atoms with van der Waals surface area (Å²) in [4.78, 5) is 26.6. The molecule has 4 nitrogen and oxygen atoms in total. The SMILES string of the molecule is COc1ccc(/C=C2/SC(=O)N(CCCc3ccccc3)C2=O)c(C)c1. The van der Waals surface area contributed by atoms with E-state index >= 15 is 0 Å². The number of carbonyl (C=O) groups is 2. The van der Waals surface area contributed by atoms with Crippen LogP contribution in [0.15, 0.2) is 53.4 Å². The predicted molar refractivity (Wildman–Crippen MR) is 105 cm³/mol. The van der Waals surface area contributed by atoms with E-state index in [9.17, 15) is 9.59 Å². The summed E-state index contributed by atoms with van der Waals surface area (Å²) in [7, 11) is 1.62. The first-order valence-electron chi connectivity index (χ1n) is 8.52. The van der Waals surface area contributed by atoms with E-state index in [4.69, 9.17) is 4.74 Å². The molecule has 134 valence electrons. The number of hydrogen-bond acceptors (Lipinski definition) is 4. The topological polar surface area (TPSA) is 46.6 Å². The first-order chi connectivity index (χ1) is 12.6. The van der Waals surface area contributed by atoms with Gasteiger partial charge in [0, 0.05) is 6.54 Å². The van der Waals surface area contributed by atoms with Crippen LogP contribution in [-0.2, 0) is 11.2 Å².